The second-order valence-corrected chi connectivity index (χ2v) is 11.5. The van der Waals surface area contributed by atoms with Gasteiger partial charge in [-0.3, -0.25) is 14.3 Å². The van der Waals surface area contributed by atoms with Crippen molar-refractivity contribution in [3.63, 3.8) is 0 Å². The summed E-state index contributed by atoms with van der Waals surface area (Å²) < 4.78 is 28.1. The van der Waals surface area contributed by atoms with Crippen LogP contribution >= 0.6 is 0 Å². The van der Waals surface area contributed by atoms with Crippen molar-refractivity contribution < 1.29 is 18.0 Å². The van der Waals surface area contributed by atoms with Crippen molar-refractivity contribution in [3.05, 3.63) is 59.2 Å². The van der Waals surface area contributed by atoms with Crippen LogP contribution in [0.25, 0.3) is 0 Å². The Morgan fingerprint density at radius 2 is 1.51 bits per heavy atom. The molecule has 1 heterocycles. The van der Waals surface area contributed by atoms with Crippen LogP contribution in [0.5, 0.6) is 0 Å². The van der Waals surface area contributed by atoms with Crippen molar-refractivity contribution in [2.24, 2.45) is 5.92 Å². The van der Waals surface area contributed by atoms with Gasteiger partial charge < -0.3 is 10.2 Å². The maximum Gasteiger partial charge on any atom is 0.261 e. The highest BCUT2D eigenvalue weighted by Crippen LogP contribution is 2.27. The van der Waals surface area contributed by atoms with Crippen molar-refractivity contribution in [1.82, 2.24) is 10.2 Å². The van der Waals surface area contributed by atoms with E-state index in [1.54, 1.807) is 12.1 Å². The van der Waals surface area contributed by atoms with Gasteiger partial charge in [-0.05, 0) is 87.1 Å². The quantitative estimate of drug-likeness (QED) is 0.618. The van der Waals surface area contributed by atoms with Crippen LogP contribution in [0.1, 0.15) is 66.4 Å². The number of hydrogen-bond acceptors (Lipinski definition) is 4. The zero-order valence-electron chi connectivity index (χ0n) is 20.5. The Morgan fingerprint density at radius 3 is 2.14 bits per heavy atom. The van der Waals surface area contributed by atoms with Gasteiger partial charge in [0.2, 0.25) is 5.91 Å². The number of nitrogens with one attached hydrogen (secondary N) is 2. The monoisotopic (exact) mass is 497 g/mol. The molecule has 2 amide bonds. The molecule has 0 spiro atoms. The summed E-state index contributed by atoms with van der Waals surface area (Å²) in [5.74, 6) is 0.225. The zero-order chi connectivity index (χ0) is 25.0. The lowest BCUT2D eigenvalue weighted by molar-refractivity contribution is -0.137. The molecule has 8 heteroatoms. The Balaban J connectivity index is 1.30. The number of piperidine rings is 1. The van der Waals surface area contributed by atoms with Crippen LogP contribution in [-0.4, -0.2) is 44.3 Å². The van der Waals surface area contributed by atoms with Gasteiger partial charge in [0.15, 0.2) is 0 Å². The van der Waals surface area contributed by atoms with Gasteiger partial charge in [-0.15, -0.1) is 0 Å². The van der Waals surface area contributed by atoms with Crippen molar-refractivity contribution in [2.45, 2.75) is 69.7 Å². The molecule has 1 aliphatic carbocycles. The van der Waals surface area contributed by atoms with E-state index in [0.29, 0.717) is 24.3 Å². The van der Waals surface area contributed by atoms with Crippen LogP contribution in [-0.2, 0) is 14.8 Å². The van der Waals surface area contributed by atoms with Gasteiger partial charge in [0.1, 0.15) is 0 Å². The number of aryl methyl sites for hydroxylation is 2. The zero-order valence-corrected chi connectivity index (χ0v) is 21.4. The van der Waals surface area contributed by atoms with E-state index >= 15 is 0 Å². The predicted molar refractivity (Wildman–Crippen MR) is 137 cm³/mol. The molecule has 4 rings (SSSR count). The Bertz CT molecular complexity index is 1160. The van der Waals surface area contributed by atoms with E-state index in [2.05, 4.69) is 10.0 Å². The molecule has 0 atom stereocenters. The van der Waals surface area contributed by atoms with Crippen molar-refractivity contribution in [2.75, 3.05) is 17.8 Å². The van der Waals surface area contributed by atoms with E-state index in [1.807, 2.05) is 24.8 Å². The second-order valence-electron chi connectivity index (χ2n) is 9.84. The van der Waals surface area contributed by atoms with Gasteiger partial charge in [-0.2, -0.15) is 0 Å². The molecule has 0 bridgehead atoms. The number of anilines is 1. The first-order chi connectivity index (χ1) is 16.7. The lowest BCUT2D eigenvalue weighted by atomic mass is 9.87. The first-order valence-electron chi connectivity index (χ1n) is 12.5. The second kappa shape index (κ2) is 10.8. The van der Waals surface area contributed by atoms with Gasteiger partial charge in [-0.25, -0.2) is 8.42 Å². The third kappa shape index (κ3) is 6.23. The molecule has 0 radical (unpaired) electrons. The molecular formula is C27H35N3O4S. The number of rotatable bonds is 6. The fraction of sp³-hybridized carbons (Fsp3) is 0.481. The lowest BCUT2D eigenvalue weighted by Gasteiger charge is -2.35. The fourth-order valence-electron chi connectivity index (χ4n) is 4.93. The summed E-state index contributed by atoms with van der Waals surface area (Å²) in [7, 11) is -3.76. The summed E-state index contributed by atoms with van der Waals surface area (Å²) in [6, 6.07) is 11.4. The molecule has 2 aromatic rings. The van der Waals surface area contributed by atoms with Crippen LogP contribution < -0.4 is 10.0 Å². The highest BCUT2D eigenvalue weighted by atomic mass is 32.2. The van der Waals surface area contributed by atoms with Crippen molar-refractivity contribution in [3.8, 4) is 0 Å². The normalized spacial score (nSPS) is 17.7. The molecule has 2 aliphatic rings. The number of nitrogens with zero attached hydrogens (tertiary/aromatic N) is 1. The standard InChI is InChI=1S/C27H35N3O4S/c1-19-8-11-24(18-20(19)2)29-35(33,34)25-12-9-21(10-13-25)26(31)28-23-14-16-30(17-15-23)27(32)22-6-4-3-5-7-22/h8-13,18,22-23,29H,3-7,14-17H2,1-2H3,(H,28,31). The molecule has 0 unspecified atom stereocenters. The summed E-state index contributed by atoms with van der Waals surface area (Å²) in [5, 5.41) is 3.04. The molecule has 7 nitrogen and oxygen atoms in total. The minimum atomic E-state index is -3.76. The SMILES string of the molecule is Cc1ccc(NS(=O)(=O)c2ccc(C(=O)NC3CCN(C(=O)C4CCCCC4)CC3)cc2)cc1C. The molecule has 188 valence electrons. The number of benzene rings is 2. The Labute approximate surface area is 208 Å². The summed E-state index contributed by atoms with van der Waals surface area (Å²) >= 11 is 0. The van der Waals surface area contributed by atoms with Gasteiger partial charge in [0, 0.05) is 36.3 Å². The van der Waals surface area contributed by atoms with E-state index in [9.17, 15) is 18.0 Å². The van der Waals surface area contributed by atoms with Gasteiger partial charge in [-0.1, -0.05) is 25.3 Å². The lowest BCUT2D eigenvalue weighted by Crippen LogP contribution is -2.48. The molecular weight excluding hydrogens is 462 g/mol. The first-order valence-corrected chi connectivity index (χ1v) is 14.0. The highest BCUT2D eigenvalue weighted by Gasteiger charge is 2.29. The van der Waals surface area contributed by atoms with E-state index in [-0.39, 0.29) is 28.7 Å². The van der Waals surface area contributed by atoms with Gasteiger partial charge >= 0.3 is 0 Å². The molecule has 2 aromatic carbocycles. The minimum Gasteiger partial charge on any atom is -0.349 e. The average molecular weight is 498 g/mol. The Kier molecular flexibility index (Phi) is 7.79. The molecule has 0 aromatic heterocycles. The molecule has 35 heavy (non-hydrogen) atoms. The molecule has 1 saturated heterocycles. The number of likely N-dealkylation sites (tertiary alicyclic amines) is 1. The fourth-order valence-corrected chi connectivity index (χ4v) is 5.97. The van der Waals surface area contributed by atoms with E-state index in [1.165, 1.54) is 30.7 Å². The third-order valence-electron chi connectivity index (χ3n) is 7.28. The third-order valence-corrected chi connectivity index (χ3v) is 8.68. The van der Waals surface area contributed by atoms with Crippen LogP contribution in [0.2, 0.25) is 0 Å². The topological polar surface area (TPSA) is 95.6 Å². The van der Waals surface area contributed by atoms with Crippen LogP contribution in [0.15, 0.2) is 47.4 Å². The van der Waals surface area contributed by atoms with Crippen LogP contribution in [0, 0.1) is 19.8 Å². The predicted octanol–water partition coefficient (Wildman–Crippen LogP) is 4.41. The number of sulfonamides is 1. The first kappa shape index (κ1) is 25.2. The number of carbonyl (C=O) groups is 2. The van der Waals surface area contributed by atoms with E-state index < -0.39 is 10.0 Å². The van der Waals surface area contributed by atoms with E-state index in [0.717, 1.165) is 49.7 Å². The summed E-state index contributed by atoms with van der Waals surface area (Å²) in [6.07, 6.45) is 6.99. The van der Waals surface area contributed by atoms with E-state index in [4.69, 9.17) is 0 Å². The molecule has 2 N–H and O–H groups in total. The maximum absolute atomic E-state index is 12.8. The van der Waals surface area contributed by atoms with Crippen molar-refractivity contribution in [1.29, 1.82) is 0 Å². The maximum atomic E-state index is 12.8. The summed E-state index contributed by atoms with van der Waals surface area (Å²) in [6.45, 7) is 5.24. The summed E-state index contributed by atoms with van der Waals surface area (Å²) in [5.41, 5.74) is 3.00. The van der Waals surface area contributed by atoms with Gasteiger partial charge in [0.05, 0.1) is 4.90 Å². The molecule has 1 aliphatic heterocycles. The Morgan fingerprint density at radius 1 is 0.857 bits per heavy atom. The smallest absolute Gasteiger partial charge is 0.261 e. The largest absolute Gasteiger partial charge is 0.349 e. The minimum absolute atomic E-state index is 0.00718. The van der Waals surface area contributed by atoms with Crippen molar-refractivity contribution >= 4 is 27.5 Å². The Hall–Kier alpha value is -2.87. The highest BCUT2D eigenvalue weighted by molar-refractivity contribution is 7.92. The number of amides is 2. The molecule has 1 saturated carbocycles. The molecule has 2 fully saturated rings. The van der Waals surface area contributed by atoms with Crippen LogP contribution in [0.3, 0.4) is 0 Å². The number of carbonyl (C=O) groups excluding carboxylic acids is 2. The van der Waals surface area contributed by atoms with Crippen LogP contribution in [0.4, 0.5) is 5.69 Å². The number of hydrogen-bond donors (Lipinski definition) is 2. The summed E-state index contributed by atoms with van der Waals surface area (Å²) in [4.78, 5) is 27.5. The van der Waals surface area contributed by atoms with Gasteiger partial charge in [0.25, 0.3) is 15.9 Å². The average Bonchev–Trinajstić information content (AvgIpc) is 2.87.